The molecular formula is C14H20ClNO3. The molecule has 1 rings (SSSR count). The molecule has 1 aromatic rings. The van der Waals surface area contributed by atoms with Crippen molar-refractivity contribution in [2.45, 2.75) is 19.8 Å². The lowest BCUT2D eigenvalue weighted by atomic mass is 9.94. The number of carboxylic acids is 1. The molecule has 0 aliphatic rings. The minimum Gasteiger partial charge on any atom is -0.493 e. The third-order valence-electron chi connectivity index (χ3n) is 2.86. The lowest BCUT2D eigenvalue weighted by molar-refractivity contribution is -0.138. The van der Waals surface area contributed by atoms with Crippen molar-refractivity contribution in [2.75, 3.05) is 13.2 Å². The van der Waals surface area contributed by atoms with Crippen LogP contribution in [0.5, 0.6) is 5.75 Å². The van der Waals surface area contributed by atoms with Gasteiger partial charge in [-0.15, -0.1) is 0 Å². The van der Waals surface area contributed by atoms with Crippen molar-refractivity contribution in [1.29, 1.82) is 0 Å². The lowest BCUT2D eigenvalue weighted by Gasteiger charge is -2.18. The maximum atomic E-state index is 10.7. The number of hydrogen-bond acceptors (Lipinski definition) is 3. The first-order valence-electron chi connectivity index (χ1n) is 6.31. The molecule has 0 saturated carbocycles. The first-order chi connectivity index (χ1) is 9.01. The average molecular weight is 286 g/mol. The van der Waals surface area contributed by atoms with E-state index in [1.807, 2.05) is 19.1 Å². The third kappa shape index (κ3) is 6.45. The third-order valence-corrected chi connectivity index (χ3v) is 3.10. The summed E-state index contributed by atoms with van der Waals surface area (Å²) in [5, 5.41) is 9.40. The van der Waals surface area contributed by atoms with Gasteiger partial charge in [-0.25, -0.2) is 0 Å². The van der Waals surface area contributed by atoms with Crippen LogP contribution >= 0.6 is 11.6 Å². The van der Waals surface area contributed by atoms with Crippen LogP contribution in [0.15, 0.2) is 24.3 Å². The van der Waals surface area contributed by atoms with Crippen LogP contribution in [0.1, 0.15) is 19.8 Å². The van der Waals surface area contributed by atoms with Gasteiger partial charge in [-0.05, 0) is 43.0 Å². The minimum absolute atomic E-state index is 0.00420. The fourth-order valence-corrected chi connectivity index (χ4v) is 2.12. The minimum atomic E-state index is -0.807. The number of benzene rings is 1. The topological polar surface area (TPSA) is 72.5 Å². The Hall–Kier alpha value is -1.26. The molecule has 2 atom stereocenters. The molecule has 19 heavy (non-hydrogen) atoms. The SMILES string of the molecule is CC(COc1cccc(Cl)c1)CC(CN)CC(=O)O. The van der Waals surface area contributed by atoms with Crippen molar-refractivity contribution in [3.05, 3.63) is 29.3 Å². The van der Waals surface area contributed by atoms with Crippen LogP contribution in [-0.4, -0.2) is 24.2 Å². The van der Waals surface area contributed by atoms with E-state index in [2.05, 4.69) is 0 Å². The van der Waals surface area contributed by atoms with E-state index in [0.29, 0.717) is 18.2 Å². The highest BCUT2D eigenvalue weighted by atomic mass is 35.5. The summed E-state index contributed by atoms with van der Waals surface area (Å²) in [6, 6.07) is 7.22. The van der Waals surface area contributed by atoms with Gasteiger partial charge in [0.1, 0.15) is 5.75 Å². The Morgan fingerprint density at radius 2 is 2.26 bits per heavy atom. The Bertz CT molecular complexity index is 411. The molecule has 0 heterocycles. The zero-order chi connectivity index (χ0) is 14.3. The Morgan fingerprint density at radius 1 is 1.53 bits per heavy atom. The monoisotopic (exact) mass is 285 g/mol. The Balaban J connectivity index is 2.38. The van der Waals surface area contributed by atoms with E-state index in [9.17, 15) is 4.79 Å². The largest absolute Gasteiger partial charge is 0.493 e. The van der Waals surface area contributed by atoms with E-state index in [-0.39, 0.29) is 18.3 Å². The smallest absolute Gasteiger partial charge is 0.303 e. The maximum absolute atomic E-state index is 10.7. The molecule has 0 aromatic heterocycles. The van der Waals surface area contributed by atoms with Crippen LogP contribution < -0.4 is 10.5 Å². The van der Waals surface area contributed by atoms with Crippen molar-refractivity contribution in [2.24, 2.45) is 17.6 Å². The first-order valence-corrected chi connectivity index (χ1v) is 6.69. The van der Waals surface area contributed by atoms with Gasteiger partial charge >= 0.3 is 5.97 Å². The molecule has 2 unspecified atom stereocenters. The molecule has 3 N–H and O–H groups in total. The summed E-state index contributed by atoms with van der Waals surface area (Å²) in [7, 11) is 0. The summed E-state index contributed by atoms with van der Waals surface area (Å²) in [5.41, 5.74) is 5.57. The number of rotatable bonds is 8. The molecule has 0 fully saturated rings. The molecule has 0 saturated heterocycles. The Kier molecular flexibility index (Phi) is 6.67. The molecular weight excluding hydrogens is 266 g/mol. The Labute approximate surface area is 118 Å². The second kappa shape index (κ2) is 8.02. The second-order valence-corrected chi connectivity index (χ2v) is 5.25. The summed E-state index contributed by atoms with van der Waals surface area (Å²) < 4.78 is 5.63. The Morgan fingerprint density at radius 3 is 2.84 bits per heavy atom. The molecule has 0 amide bonds. The fraction of sp³-hybridized carbons (Fsp3) is 0.500. The van der Waals surface area contributed by atoms with E-state index >= 15 is 0 Å². The summed E-state index contributed by atoms with van der Waals surface area (Å²) in [4.78, 5) is 10.7. The fourth-order valence-electron chi connectivity index (χ4n) is 1.94. The predicted molar refractivity (Wildman–Crippen MR) is 75.5 cm³/mol. The maximum Gasteiger partial charge on any atom is 0.303 e. The van der Waals surface area contributed by atoms with Gasteiger partial charge in [-0.1, -0.05) is 24.6 Å². The summed E-state index contributed by atoms with van der Waals surface area (Å²) in [5.74, 6) is 0.155. The van der Waals surface area contributed by atoms with Crippen molar-refractivity contribution in [3.63, 3.8) is 0 Å². The van der Waals surface area contributed by atoms with Gasteiger partial charge in [0.2, 0.25) is 0 Å². The molecule has 0 radical (unpaired) electrons. The van der Waals surface area contributed by atoms with Crippen LogP contribution in [0, 0.1) is 11.8 Å². The normalized spacial score (nSPS) is 13.8. The molecule has 0 aliphatic carbocycles. The number of ether oxygens (including phenoxy) is 1. The van der Waals surface area contributed by atoms with Crippen LogP contribution in [0.25, 0.3) is 0 Å². The van der Waals surface area contributed by atoms with E-state index in [1.54, 1.807) is 12.1 Å². The van der Waals surface area contributed by atoms with Crippen LogP contribution in [-0.2, 0) is 4.79 Å². The lowest BCUT2D eigenvalue weighted by Crippen LogP contribution is -2.22. The summed E-state index contributed by atoms with van der Waals surface area (Å²) >= 11 is 5.86. The summed E-state index contributed by atoms with van der Waals surface area (Å²) in [6.07, 6.45) is 0.849. The van der Waals surface area contributed by atoms with Crippen molar-refractivity contribution >= 4 is 17.6 Å². The predicted octanol–water partition coefficient (Wildman–Crippen LogP) is 2.79. The molecule has 0 spiro atoms. The highest BCUT2D eigenvalue weighted by Gasteiger charge is 2.15. The van der Waals surface area contributed by atoms with Crippen LogP contribution in [0.3, 0.4) is 0 Å². The number of halogens is 1. The quantitative estimate of drug-likeness (QED) is 0.770. The number of hydrogen-bond donors (Lipinski definition) is 2. The second-order valence-electron chi connectivity index (χ2n) is 4.81. The van der Waals surface area contributed by atoms with Gasteiger partial charge in [-0.2, -0.15) is 0 Å². The molecule has 4 nitrogen and oxygen atoms in total. The van der Waals surface area contributed by atoms with E-state index < -0.39 is 5.97 Å². The molecule has 1 aromatic carbocycles. The van der Waals surface area contributed by atoms with Crippen LogP contribution in [0.2, 0.25) is 5.02 Å². The van der Waals surface area contributed by atoms with E-state index in [4.69, 9.17) is 27.2 Å². The van der Waals surface area contributed by atoms with Crippen molar-refractivity contribution < 1.29 is 14.6 Å². The van der Waals surface area contributed by atoms with Crippen molar-refractivity contribution in [1.82, 2.24) is 0 Å². The zero-order valence-electron chi connectivity index (χ0n) is 11.0. The highest BCUT2D eigenvalue weighted by molar-refractivity contribution is 6.30. The van der Waals surface area contributed by atoms with Crippen molar-refractivity contribution in [3.8, 4) is 5.75 Å². The van der Waals surface area contributed by atoms with Gasteiger partial charge in [0, 0.05) is 11.4 Å². The number of nitrogens with two attached hydrogens (primary N) is 1. The first kappa shape index (κ1) is 15.8. The average Bonchev–Trinajstić information content (AvgIpc) is 2.35. The van der Waals surface area contributed by atoms with Crippen LogP contribution in [0.4, 0.5) is 0 Å². The molecule has 5 heteroatoms. The van der Waals surface area contributed by atoms with Gasteiger partial charge in [0.15, 0.2) is 0 Å². The number of carboxylic acid groups (broad SMARTS) is 1. The summed E-state index contributed by atoms with van der Waals surface area (Å²) in [6.45, 7) is 2.93. The van der Waals surface area contributed by atoms with Gasteiger partial charge in [0.25, 0.3) is 0 Å². The standard InChI is InChI=1S/C14H20ClNO3/c1-10(5-11(8-16)6-14(17)18)9-19-13-4-2-3-12(15)7-13/h2-4,7,10-11H,5-6,8-9,16H2,1H3,(H,17,18). The molecule has 106 valence electrons. The van der Waals surface area contributed by atoms with Gasteiger partial charge in [-0.3, -0.25) is 4.79 Å². The highest BCUT2D eigenvalue weighted by Crippen LogP contribution is 2.20. The number of aliphatic carboxylic acids is 1. The number of carbonyl (C=O) groups is 1. The van der Waals surface area contributed by atoms with Gasteiger partial charge < -0.3 is 15.6 Å². The van der Waals surface area contributed by atoms with E-state index in [1.165, 1.54) is 0 Å². The van der Waals surface area contributed by atoms with E-state index in [0.717, 1.165) is 12.2 Å². The van der Waals surface area contributed by atoms with Gasteiger partial charge in [0.05, 0.1) is 6.61 Å². The molecule has 0 aliphatic heterocycles. The molecule has 0 bridgehead atoms. The zero-order valence-corrected chi connectivity index (χ0v) is 11.8.